The van der Waals surface area contributed by atoms with E-state index >= 15 is 0 Å². The maximum atomic E-state index is 10.6. The molecule has 0 amide bonds. The first-order valence-corrected chi connectivity index (χ1v) is 4.64. The zero-order valence-corrected chi connectivity index (χ0v) is 7.99. The number of aromatic carboxylic acids is 1. The Kier molecular flexibility index (Phi) is 2.15. The van der Waals surface area contributed by atoms with E-state index in [1.54, 1.807) is 6.92 Å². The van der Waals surface area contributed by atoms with Gasteiger partial charge in [0.2, 0.25) is 5.88 Å². The largest absolute Gasteiger partial charge is 0.474 e. The van der Waals surface area contributed by atoms with Crippen molar-refractivity contribution in [3.05, 3.63) is 11.6 Å². The van der Waals surface area contributed by atoms with Gasteiger partial charge in [0.1, 0.15) is 5.69 Å². The molecule has 0 spiro atoms. The first kappa shape index (κ1) is 9.05. The van der Waals surface area contributed by atoms with Crippen molar-refractivity contribution in [2.24, 2.45) is 0 Å². The molecule has 2 heterocycles. The van der Waals surface area contributed by atoms with E-state index < -0.39 is 5.97 Å². The Morgan fingerprint density at radius 2 is 2.14 bits per heavy atom. The second-order valence-corrected chi connectivity index (χ2v) is 3.41. The fourth-order valence-corrected chi connectivity index (χ4v) is 1.69. The predicted octanol–water partition coefficient (Wildman–Crippen LogP) is 1.28. The van der Waals surface area contributed by atoms with E-state index in [0.717, 1.165) is 25.9 Å². The van der Waals surface area contributed by atoms with Crippen LogP contribution >= 0.6 is 0 Å². The average Bonchev–Trinajstić information content (AvgIpc) is 2.71. The maximum Gasteiger partial charge on any atom is 0.392 e. The highest BCUT2D eigenvalue weighted by Crippen LogP contribution is 2.24. The summed E-state index contributed by atoms with van der Waals surface area (Å²) in [5, 5.41) is 8.69. The Balaban J connectivity index is 2.28. The molecule has 1 N–H and O–H groups in total. The molecular formula is C9H12N2O3. The van der Waals surface area contributed by atoms with Crippen LogP contribution in [0, 0.1) is 6.92 Å². The van der Waals surface area contributed by atoms with Gasteiger partial charge >= 0.3 is 11.9 Å². The minimum Gasteiger partial charge on any atom is -0.474 e. The van der Waals surface area contributed by atoms with Gasteiger partial charge in [-0.2, -0.15) is 0 Å². The molecule has 0 saturated carbocycles. The third kappa shape index (κ3) is 1.45. The summed E-state index contributed by atoms with van der Waals surface area (Å²) >= 11 is 0. The molecule has 5 heteroatoms. The molecule has 1 saturated heterocycles. The summed E-state index contributed by atoms with van der Waals surface area (Å²) in [7, 11) is 0. The van der Waals surface area contributed by atoms with Crippen LogP contribution < -0.4 is 4.90 Å². The van der Waals surface area contributed by atoms with Crippen molar-refractivity contribution >= 4 is 11.9 Å². The monoisotopic (exact) mass is 196 g/mol. The Bertz CT molecular complexity index is 353. The van der Waals surface area contributed by atoms with E-state index in [9.17, 15) is 4.79 Å². The number of rotatable bonds is 2. The van der Waals surface area contributed by atoms with E-state index in [2.05, 4.69) is 4.98 Å². The molecule has 0 radical (unpaired) electrons. The molecule has 1 aliphatic heterocycles. The van der Waals surface area contributed by atoms with Crippen molar-refractivity contribution in [1.29, 1.82) is 0 Å². The lowest BCUT2D eigenvalue weighted by atomic mass is 10.4. The highest BCUT2D eigenvalue weighted by atomic mass is 16.4. The van der Waals surface area contributed by atoms with Crippen LogP contribution in [0.1, 0.15) is 29.2 Å². The maximum absolute atomic E-state index is 10.6. The summed E-state index contributed by atoms with van der Waals surface area (Å²) in [6.07, 6.45) is 2.26. The van der Waals surface area contributed by atoms with Crippen LogP contribution in [-0.2, 0) is 0 Å². The number of oxazole rings is 1. The topological polar surface area (TPSA) is 66.6 Å². The van der Waals surface area contributed by atoms with Gasteiger partial charge in [0.25, 0.3) is 0 Å². The zero-order chi connectivity index (χ0) is 10.1. The van der Waals surface area contributed by atoms with Gasteiger partial charge in [-0.25, -0.2) is 9.78 Å². The Hall–Kier alpha value is -1.52. The minimum absolute atomic E-state index is 0.218. The number of aromatic nitrogens is 1. The molecule has 1 aromatic rings. The molecule has 1 fully saturated rings. The highest BCUT2D eigenvalue weighted by Gasteiger charge is 2.22. The van der Waals surface area contributed by atoms with Gasteiger partial charge in [-0.15, -0.1) is 0 Å². The number of anilines is 1. The second kappa shape index (κ2) is 3.32. The molecular weight excluding hydrogens is 184 g/mol. The van der Waals surface area contributed by atoms with E-state index in [-0.39, 0.29) is 5.89 Å². The Morgan fingerprint density at radius 3 is 2.64 bits per heavy atom. The molecule has 0 aliphatic carbocycles. The summed E-state index contributed by atoms with van der Waals surface area (Å²) in [6, 6.07) is 0. The van der Waals surface area contributed by atoms with Crippen molar-refractivity contribution in [1.82, 2.24) is 4.98 Å². The van der Waals surface area contributed by atoms with Gasteiger partial charge in [0, 0.05) is 13.1 Å². The fraction of sp³-hybridized carbons (Fsp3) is 0.556. The number of hydrogen-bond donors (Lipinski definition) is 1. The normalized spacial score (nSPS) is 16.2. The molecule has 14 heavy (non-hydrogen) atoms. The van der Waals surface area contributed by atoms with Crippen molar-refractivity contribution in [3.8, 4) is 0 Å². The van der Waals surface area contributed by atoms with Gasteiger partial charge in [-0.3, -0.25) is 0 Å². The number of hydrogen-bond acceptors (Lipinski definition) is 4. The summed E-state index contributed by atoms with van der Waals surface area (Å²) in [5.74, 6) is -0.720. The third-order valence-corrected chi connectivity index (χ3v) is 2.35. The molecule has 76 valence electrons. The molecule has 5 nitrogen and oxygen atoms in total. The van der Waals surface area contributed by atoms with Gasteiger partial charge in [0.15, 0.2) is 0 Å². The quantitative estimate of drug-likeness (QED) is 0.771. The highest BCUT2D eigenvalue weighted by molar-refractivity contribution is 5.82. The number of carboxylic acids is 1. The third-order valence-electron chi connectivity index (χ3n) is 2.35. The van der Waals surface area contributed by atoms with Gasteiger partial charge in [-0.1, -0.05) is 0 Å². The van der Waals surface area contributed by atoms with Gasteiger partial charge in [-0.05, 0) is 19.8 Å². The van der Waals surface area contributed by atoms with Crippen LogP contribution in [0.2, 0.25) is 0 Å². The van der Waals surface area contributed by atoms with Crippen LogP contribution in [-0.4, -0.2) is 29.1 Å². The molecule has 1 aliphatic rings. The van der Waals surface area contributed by atoms with Crippen LogP contribution in [0.4, 0.5) is 5.88 Å². The van der Waals surface area contributed by atoms with Crippen LogP contribution in [0.3, 0.4) is 0 Å². The fourth-order valence-electron chi connectivity index (χ4n) is 1.69. The van der Waals surface area contributed by atoms with Crippen LogP contribution in [0.15, 0.2) is 4.42 Å². The summed E-state index contributed by atoms with van der Waals surface area (Å²) in [5.41, 5.74) is 0.657. The van der Waals surface area contributed by atoms with E-state index in [4.69, 9.17) is 9.52 Å². The van der Waals surface area contributed by atoms with Crippen molar-refractivity contribution in [2.75, 3.05) is 18.0 Å². The average molecular weight is 196 g/mol. The smallest absolute Gasteiger partial charge is 0.392 e. The number of carboxylic acid groups (broad SMARTS) is 1. The lowest BCUT2D eigenvalue weighted by Gasteiger charge is -2.13. The number of carbonyl (C=O) groups is 1. The number of aryl methyl sites for hydroxylation is 1. The Morgan fingerprint density at radius 1 is 1.50 bits per heavy atom. The van der Waals surface area contributed by atoms with E-state index in [0.29, 0.717) is 11.6 Å². The van der Waals surface area contributed by atoms with Crippen molar-refractivity contribution in [3.63, 3.8) is 0 Å². The molecule has 1 aromatic heterocycles. The standard InChI is InChI=1S/C9H12N2O3/c1-6-8(11-4-2-3-5-11)14-7(10-6)9(12)13/h2-5H2,1H3,(H,12,13). The molecule has 2 rings (SSSR count). The van der Waals surface area contributed by atoms with Crippen LogP contribution in [0.5, 0.6) is 0 Å². The van der Waals surface area contributed by atoms with E-state index in [1.165, 1.54) is 0 Å². The SMILES string of the molecule is Cc1nc(C(=O)O)oc1N1CCCC1. The summed E-state index contributed by atoms with van der Waals surface area (Å²) < 4.78 is 5.18. The zero-order valence-electron chi connectivity index (χ0n) is 7.99. The first-order valence-electron chi connectivity index (χ1n) is 4.64. The molecule has 0 unspecified atom stereocenters. The lowest BCUT2D eigenvalue weighted by Crippen LogP contribution is -2.17. The number of nitrogens with zero attached hydrogens (tertiary/aromatic N) is 2. The van der Waals surface area contributed by atoms with E-state index in [1.807, 2.05) is 4.90 Å². The second-order valence-electron chi connectivity index (χ2n) is 3.41. The van der Waals surface area contributed by atoms with Crippen molar-refractivity contribution in [2.45, 2.75) is 19.8 Å². The first-order chi connectivity index (χ1) is 6.68. The summed E-state index contributed by atoms with van der Waals surface area (Å²) in [4.78, 5) is 16.5. The van der Waals surface area contributed by atoms with Crippen molar-refractivity contribution < 1.29 is 14.3 Å². The van der Waals surface area contributed by atoms with Crippen LogP contribution in [0.25, 0.3) is 0 Å². The minimum atomic E-state index is -1.11. The van der Waals surface area contributed by atoms with Gasteiger partial charge in [0.05, 0.1) is 0 Å². The molecule has 0 atom stereocenters. The summed E-state index contributed by atoms with van der Waals surface area (Å²) in [6.45, 7) is 3.62. The lowest BCUT2D eigenvalue weighted by molar-refractivity contribution is 0.0654. The molecule has 0 aromatic carbocycles. The molecule has 0 bridgehead atoms. The Labute approximate surface area is 81.3 Å². The predicted molar refractivity (Wildman–Crippen MR) is 49.6 cm³/mol. The van der Waals surface area contributed by atoms with Gasteiger partial charge < -0.3 is 14.4 Å².